The van der Waals surface area contributed by atoms with E-state index in [4.69, 9.17) is 0 Å². The van der Waals surface area contributed by atoms with Crippen LogP contribution in [0.4, 0.5) is 5.82 Å². The first-order valence-corrected chi connectivity index (χ1v) is 5.24. The number of pyridine rings is 1. The van der Waals surface area contributed by atoms with Crippen LogP contribution >= 0.6 is 0 Å². The summed E-state index contributed by atoms with van der Waals surface area (Å²) in [6, 6.07) is 8.98. The maximum Gasteiger partial charge on any atom is 0.231 e. The van der Waals surface area contributed by atoms with Gasteiger partial charge in [-0.2, -0.15) is 5.10 Å². The maximum absolute atomic E-state index is 11.6. The molecule has 86 valence electrons. The van der Waals surface area contributed by atoms with Crippen LogP contribution in [0.3, 0.4) is 0 Å². The minimum atomic E-state index is -0.151. The number of rotatable bonds is 3. The van der Waals surface area contributed by atoms with Crippen molar-refractivity contribution >= 4 is 11.7 Å². The third-order valence-electron chi connectivity index (χ3n) is 2.13. The van der Waals surface area contributed by atoms with Crippen molar-refractivity contribution in [2.24, 2.45) is 0 Å². The summed E-state index contributed by atoms with van der Waals surface area (Å²) < 4.78 is 0. The molecule has 0 aromatic carbocycles. The monoisotopic (exact) mass is 228 g/mol. The Balaban J connectivity index is 1.96. The molecular weight excluding hydrogens is 216 g/mol. The van der Waals surface area contributed by atoms with E-state index in [1.54, 1.807) is 24.4 Å². The Kier molecular flexibility index (Phi) is 3.40. The molecule has 5 nitrogen and oxygen atoms in total. The van der Waals surface area contributed by atoms with Crippen molar-refractivity contribution in [3.8, 4) is 0 Å². The summed E-state index contributed by atoms with van der Waals surface area (Å²) in [7, 11) is 0. The molecule has 0 bridgehead atoms. The summed E-state index contributed by atoms with van der Waals surface area (Å²) in [6.45, 7) is 1.84. The Hall–Kier alpha value is -2.30. The standard InChI is InChI=1S/C12H12N4O/c1-9-5-6-11(16-15-9)14-12(17)8-10-4-2-3-7-13-10/h2-7H,8H2,1H3,(H,14,16,17). The molecule has 17 heavy (non-hydrogen) atoms. The predicted octanol–water partition coefficient (Wildman–Crippen LogP) is 1.36. The lowest BCUT2D eigenvalue weighted by Gasteiger charge is -2.03. The number of amides is 1. The fourth-order valence-corrected chi connectivity index (χ4v) is 1.32. The summed E-state index contributed by atoms with van der Waals surface area (Å²) in [4.78, 5) is 15.7. The molecule has 0 saturated heterocycles. The van der Waals surface area contributed by atoms with E-state index in [0.717, 1.165) is 11.4 Å². The lowest BCUT2D eigenvalue weighted by Crippen LogP contribution is -2.16. The molecule has 0 aliphatic carbocycles. The lowest BCUT2D eigenvalue weighted by molar-refractivity contribution is -0.115. The molecule has 0 aliphatic rings. The molecule has 0 radical (unpaired) electrons. The van der Waals surface area contributed by atoms with E-state index in [2.05, 4.69) is 20.5 Å². The van der Waals surface area contributed by atoms with Crippen LogP contribution in [-0.2, 0) is 11.2 Å². The number of carbonyl (C=O) groups is 1. The van der Waals surface area contributed by atoms with Crippen LogP contribution in [0.1, 0.15) is 11.4 Å². The third kappa shape index (κ3) is 3.34. The molecule has 1 N–H and O–H groups in total. The molecule has 2 aromatic rings. The van der Waals surface area contributed by atoms with E-state index in [0.29, 0.717) is 5.82 Å². The second-order valence-electron chi connectivity index (χ2n) is 3.61. The topological polar surface area (TPSA) is 67.8 Å². The number of hydrogen-bond donors (Lipinski definition) is 1. The Morgan fingerprint density at radius 3 is 2.76 bits per heavy atom. The molecule has 0 fully saturated rings. The molecule has 5 heteroatoms. The van der Waals surface area contributed by atoms with Gasteiger partial charge in [0, 0.05) is 11.9 Å². The minimum Gasteiger partial charge on any atom is -0.309 e. The summed E-state index contributed by atoms with van der Waals surface area (Å²) in [5.41, 5.74) is 1.54. The van der Waals surface area contributed by atoms with Gasteiger partial charge in [0.2, 0.25) is 5.91 Å². The highest BCUT2D eigenvalue weighted by atomic mass is 16.1. The Morgan fingerprint density at radius 2 is 2.12 bits per heavy atom. The first-order valence-electron chi connectivity index (χ1n) is 5.24. The maximum atomic E-state index is 11.6. The number of anilines is 1. The minimum absolute atomic E-state index is 0.151. The molecule has 2 heterocycles. The van der Waals surface area contributed by atoms with Crippen molar-refractivity contribution in [1.29, 1.82) is 0 Å². The van der Waals surface area contributed by atoms with Crippen molar-refractivity contribution < 1.29 is 4.79 Å². The van der Waals surface area contributed by atoms with Gasteiger partial charge in [0.05, 0.1) is 12.1 Å². The van der Waals surface area contributed by atoms with Crippen molar-refractivity contribution in [1.82, 2.24) is 15.2 Å². The molecule has 0 unspecified atom stereocenters. The van der Waals surface area contributed by atoms with Gasteiger partial charge in [0.15, 0.2) is 5.82 Å². The zero-order valence-corrected chi connectivity index (χ0v) is 9.42. The third-order valence-corrected chi connectivity index (χ3v) is 2.13. The first-order chi connectivity index (χ1) is 8.24. The molecule has 0 atom stereocenters. The molecule has 0 spiro atoms. The predicted molar refractivity (Wildman–Crippen MR) is 63.3 cm³/mol. The Bertz CT molecular complexity index is 496. The van der Waals surface area contributed by atoms with Crippen molar-refractivity contribution in [3.63, 3.8) is 0 Å². The van der Waals surface area contributed by atoms with E-state index in [1.807, 2.05) is 19.1 Å². The molecular formula is C12H12N4O. The van der Waals surface area contributed by atoms with Crippen molar-refractivity contribution in [2.75, 3.05) is 5.32 Å². The van der Waals surface area contributed by atoms with Crippen LogP contribution in [0, 0.1) is 6.92 Å². The second-order valence-corrected chi connectivity index (χ2v) is 3.61. The van der Waals surface area contributed by atoms with Gasteiger partial charge in [0.1, 0.15) is 0 Å². The van der Waals surface area contributed by atoms with Crippen LogP contribution in [0.5, 0.6) is 0 Å². The van der Waals surface area contributed by atoms with E-state index in [1.165, 1.54) is 0 Å². The molecule has 0 saturated carbocycles. The highest BCUT2D eigenvalue weighted by Gasteiger charge is 2.05. The van der Waals surface area contributed by atoms with E-state index in [9.17, 15) is 4.79 Å². The normalized spacial score (nSPS) is 9.94. The zero-order valence-electron chi connectivity index (χ0n) is 9.42. The highest BCUT2D eigenvalue weighted by molar-refractivity contribution is 5.90. The van der Waals surface area contributed by atoms with Gasteiger partial charge in [-0.3, -0.25) is 9.78 Å². The van der Waals surface area contributed by atoms with Gasteiger partial charge in [-0.1, -0.05) is 6.07 Å². The Labute approximate surface area is 98.9 Å². The fourth-order valence-electron chi connectivity index (χ4n) is 1.32. The van der Waals surface area contributed by atoms with Crippen LogP contribution in [0.2, 0.25) is 0 Å². The van der Waals surface area contributed by atoms with Gasteiger partial charge < -0.3 is 5.32 Å². The van der Waals surface area contributed by atoms with E-state index in [-0.39, 0.29) is 12.3 Å². The molecule has 2 aromatic heterocycles. The average molecular weight is 228 g/mol. The average Bonchev–Trinajstić information content (AvgIpc) is 2.33. The molecule has 2 rings (SSSR count). The SMILES string of the molecule is Cc1ccc(NC(=O)Cc2ccccn2)nn1. The molecule has 0 aliphatic heterocycles. The smallest absolute Gasteiger partial charge is 0.231 e. The van der Waals surface area contributed by atoms with Gasteiger partial charge >= 0.3 is 0 Å². The van der Waals surface area contributed by atoms with Crippen LogP contribution in [0.15, 0.2) is 36.5 Å². The van der Waals surface area contributed by atoms with Crippen molar-refractivity contribution in [2.45, 2.75) is 13.3 Å². The number of nitrogens with zero attached hydrogens (tertiary/aromatic N) is 3. The lowest BCUT2D eigenvalue weighted by atomic mass is 10.2. The summed E-state index contributed by atoms with van der Waals surface area (Å²) in [5.74, 6) is 0.304. The number of nitrogens with one attached hydrogen (secondary N) is 1. The largest absolute Gasteiger partial charge is 0.309 e. The Morgan fingerprint density at radius 1 is 1.24 bits per heavy atom. The number of aromatic nitrogens is 3. The zero-order chi connectivity index (χ0) is 12.1. The van der Waals surface area contributed by atoms with E-state index >= 15 is 0 Å². The van der Waals surface area contributed by atoms with Crippen LogP contribution in [0.25, 0.3) is 0 Å². The van der Waals surface area contributed by atoms with Gasteiger partial charge in [-0.05, 0) is 31.2 Å². The number of aryl methyl sites for hydroxylation is 1. The van der Waals surface area contributed by atoms with Gasteiger partial charge in [-0.15, -0.1) is 5.10 Å². The first kappa shape index (κ1) is 11.2. The van der Waals surface area contributed by atoms with Crippen LogP contribution < -0.4 is 5.32 Å². The van der Waals surface area contributed by atoms with E-state index < -0.39 is 0 Å². The number of hydrogen-bond acceptors (Lipinski definition) is 4. The quantitative estimate of drug-likeness (QED) is 0.861. The van der Waals surface area contributed by atoms with Gasteiger partial charge in [-0.25, -0.2) is 0 Å². The van der Waals surface area contributed by atoms with Crippen LogP contribution in [-0.4, -0.2) is 21.1 Å². The van der Waals surface area contributed by atoms with Crippen molar-refractivity contribution in [3.05, 3.63) is 47.9 Å². The van der Waals surface area contributed by atoms with Gasteiger partial charge in [0.25, 0.3) is 0 Å². The highest BCUT2D eigenvalue weighted by Crippen LogP contribution is 2.02. The number of carbonyl (C=O) groups excluding carboxylic acids is 1. The summed E-state index contributed by atoms with van der Waals surface area (Å²) in [5, 5.41) is 10.4. The second kappa shape index (κ2) is 5.16. The summed E-state index contributed by atoms with van der Waals surface area (Å²) >= 11 is 0. The summed E-state index contributed by atoms with van der Waals surface area (Å²) in [6.07, 6.45) is 1.89. The molecule has 1 amide bonds. The fraction of sp³-hybridized carbons (Fsp3) is 0.167.